The molecule has 0 saturated carbocycles. The molecule has 2 aliphatic heterocycles. The number of nitrogens with one attached hydrogen (secondary N) is 2. The SMILES string of the molecule is Cc1cc(N2CCCCC2)nc2ccc(NC(=O)CCC(=O)NCCCN3CCN(c4ccc(F)cc4)CC3)cc12. The molecule has 2 saturated heterocycles. The topological polar surface area (TPSA) is 80.8 Å². The van der Waals surface area contributed by atoms with Crippen molar-refractivity contribution in [2.24, 2.45) is 0 Å². The zero-order valence-electron chi connectivity index (χ0n) is 24.0. The van der Waals surface area contributed by atoms with Crippen LogP contribution in [0.3, 0.4) is 0 Å². The summed E-state index contributed by atoms with van der Waals surface area (Å²) in [6, 6.07) is 14.6. The number of anilines is 3. The molecule has 2 aliphatic rings. The van der Waals surface area contributed by atoms with Gasteiger partial charge in [0.1, 0.15) is 11.6 Å². The number of hydrogen-bond acceptors (Lipinski definition) is 6. The number of aromatic nitrogens is 1. The number of rotatable bonds is 10. The minimum absolute atomic E-state index is 0.106. The fourth-order valence-electron chi connectivity index (χ4n) is 5.69. The van der Waals surface area contributed by atoms with Crippen molar-refractivity contribution in [2.45, 2.75) is 45.4 Å². The second-order valence-electron chi connectivity index (χ2n) is 11.1. The third-order valence-electron chi connectivity index (χ3n) is 8.08. The van der Waals surface area contributed by atoms with Gasteiger partial charge in [0.05, 0.1) is 5.52 Å². The fourth-order valence-corrected chi connectivity index (χ4v) is 5.69. The summed E-state index contributed by atoms with van der Waals surface area (Å²) >= 11 is 0. The number of halogens is 1. The van der Waals surface area contributed by atoms with Crippen molar-refractivity contribution in [3.05, 3.63) is 59.9 Å². The Morgan fingerprint density at radius 2 is 1.59 bits per heavy atom. The smallest absolute Gasteiger partial charge is 0.224 e. The summed E-state index contributed by atoms with van der Waals surface area (Å²) in [5.41, 5.74) is 3.84. The van der Waals surface area contributed by atoms with E-state index in [4.69, 9.17) is 4.98 Å². The molecule has 1 aromatic heterocycles. The van der Waals surface area contributed by atoms with Crippen LogP contribution in [0.5, 0.6) is 0 Å². The number of benzene rings is 2. The Labute approximate surface area is 241 Å². The van der Waals surface area contributed by atoms with E-state index in [1.165, 1.54) is 31.4 Å². The van der Waals surface area contributed by atoms with Crippen LogP contribution in [0.15, 0.2) is 48.5 Å². The number of carbonyl (C=O) groups excluding carboxylic acids is 2. The van der Waals surface area contributed by atoms with Crippen molar-refractivity contribution >= 4 is 39.9 Å². The van der Waals surface area contributed by atoms with Gasteiger partial charge < -0.3 is 20.4 Å². The van der Waals surface area contributed by atoms with E-state index < -0.39 is 0 Å². The van der Waals surface area contributed by atoms with E-state index in [-0.39, 0.29) is 30.5 Å². The van der Waals surface area contributed by atoms with Crippen molar-refractivity contribution in [2.75, 3.05) is 67.5 Å². The van der Waals surface area contributed by atoms with Crippen LogP contribution in [0.2, 0.25) is 0 Å². The molecule has 2 aromatic carbocycles. The lowest BCUT2D eigenvalue weighted by atomic mass is 10.1. The van der Waals surface area contributed by atoms with Crippen LogP contribution in [0.25, 0.3) is 10.9 Å². The molecule has 2 N–H and O–H groups in total. The fraction of sp³-hybridized carbons (Fsp3) is 0.469. The van der Waals surface area contributed by atoms with Gasteiger partial charge in [0.2, 0.25) is 11.8 Å². The number of piperidine rings is 1. The van der Waals surface area contributed by atoms with E-state index in [1.807, 2.05) is 30.3 Å². The van der Waals surface area contributed by atoms with Crippen LogP contribution in [-0.2, 0) is 9.59 Å². The number of piperazine rings is 1. The molecule has 3 heterocycles. The highest BCUT2D eigenvalue weighted by molar-refractivity contribution is 5.96. The van der Waals surface area contributed by atoms with E-state index in [0.29, 0.717) is 6.54 Å². The summed E-state index contributed by atoms with van der Waals surface area (Å²) in [7, 11) is 0. The zero-order valence-corrected chi connectivity index (χ0v) is 24.0. The Morgan fingerprint density at radius 3 is 2.34 bits per heavy atom. The Kier molecular flexibility index (Phi) is 9.67. The van der Waals surface area contributed by atoms with Crippen LogP contribution < -0.4 is 20.4 Å². The normalized spacial score (nSPS) is 16.1. The largest absolute Gasteiger partial charge is 0.369 e. The summed E-state index contributed by atoms with van der Waals surface area (Å²) < 4.78 is 13.2. The lowest BCUT2D eigenvalue weighted by molar-refractivity contribution is -0.124. The van der Waals surface area contributed by atoms with Gasteiger partial charge in [0.25, 0.3) is 0 Å². The van der Waals surface area contributed by atoms with Crippen LogP contribution >= 0.6 is 0 Å². The molecule has 41 heavy (non-hydrogen) atoms. The molecule has 0 unspecified atom stereocenters. The van der Waals surface area contributed by atoms with Gasteiger partial charge in [-0.15, -0.1) is 0 Å². The van der Waals surface area contributed by atoms with Crippen molar-refractivity contribution in [1.82, 2.24) is 15.2 Å². The summed E-state index contributed by atoms with van der Waals surface area (Å²) in [6.07, 6.45) is 4.86. The number of fused-ring (bicyclic) bond motifs is 1. The summed E-state index contributed by atoms with van der Waals surface area (Å²) in [4.78, 5) is 36.7. The van der Waals surface area contributed by atoms with E-state index in [1.54, 1.807) is 0 Å². The Balaban J connectivity index is 0.990. The van der Waals surface area contributed by atoms with E-state index >= 15 is 0 Å². The second kappa shape index (κ2) is 13.8. The highest BCUT2D eigenvalue weighted by atomic mass is 19.1. The maximum Gasteiger partial charge on any atom is 0.224 e. The molecule has 218 valence electrons. The Hall–Kier alpha value is -3.72. The lowest BCUT2D eigenvalue weighted by Gasteiger charge is -2.36. The first-order valence-corrected chi connectivity index (χ1v) is 14.9. The molecule has 0 radical (unpaired) electrons. The predicted molar refractivity (Wildman–Crippen MR) is 163 cm³/mol. The van der Waals surface area contributed by atoms with Crippen LogP contribution in [-0.4, -0.2) is 74.1 Å². The van der Waals surface area contributed by atoms with Gasteiger partial charge in [0, 0.05) is 75.4 Å². The van der Waals surface area contributed by atoms with Crippen LogP contribution in [0, 0.1) is 12.7 Å². The Morgan fingerprint density at radius 1 is 0.854 bits per heavy atom. The first kappa shape index (κ1) is 28.8. The lowest BCUT2D eigenvalue weighted by Crippen LogP contribution is -2.47. The molecule has 0 spiro atoms. The molecule has 0 aliphatic carbocycles. The van der Waals surface area contributed by atoms with Gasteiger partial charge in [-0.3, -0.25) is 14.5 Å². The maximum absolute atomic E-state index is 13.2. The molecular formula is C32H41FN6O2. The number of amides is 2. The highest BCUT2D eigenvalue weighted by Gasteiger charge is 2.17. The Bertz CT molecular complexity index is 1330. The first-order chi connectivity index (χ1) is 19.9. The summed E-state index contributed by atoms with van der Waals surface area (Å²) in [5, 5.41) is 6.90. The molecule has 0 bridgehead atoms. The average molecular weight is 561 g/mol. The molecule has 0 atom stereocenters. The highest BCUT2D eigenvalue weighted by Crippen LogP contribution is 2.27. The third kappa shape index (κ3) is 7.94. The van der Waals surface area contributed by atoms with Crippen molar-refractivity contribution < 1.29 is 14.0 Å². The van der Waals surface area contributed by atoms with Gasteiger partial charge in [-0.1, -0.05) is 0 Å². The standard InChI is InChI=1S/C32H41FN6O2/c1-24-22-30(39-16-3-2-4-17-39)36-29-11-8-26(23-28(24)29)35-32(41)13-12-31(40)34-14-5-15-37-18-20-38(21-19-37)27-9-6-25(33)7-10-27/h6-11,22-23H,2-5,12-21H2,1H3,(H,34,40)(H,35,41). The monoisotopic (exact) mass is 560 g/mol. The van der Waals surface area contributed by atoms with E-state index in [2.05, 4.69) is 38.3 Å². The molecule has 2 fully saturated rings. The minimum atomic E-state index is -0.214. The summed E-state index contributed by atoms with van der Waals surface area (Å²) in [5.74, 6) is 0.537. The molecule has 2 amide bonds. The molecule has 5 rings (SSSR count). The van der Waals surface area contributed by atoms with Gasteiger partial charge in [-0.05, 0) is 93.2 Å². The van der Waals surface area contributed by atoms with Crippen molar-refractivity contribution in [1.29, 1.82) is 0 Å². The minimum Gasteiger partial charge on any atom is -0.369 e. The third-order valence-corrected chi connectivity index (χ3v) is 8.08. The number of nitrogens with zero attached hydrogens (tertiary/aromatic N) is 4. The molecule has 3 aromatic rings. The molecule has 8 nitrogen and oxygen atoms in total. The van der Waals surface area contributed by atoms with Crippen LogP contribution in [0.4, 0.5) is 21.6 Å². The van der Waals surface area contributed by atoms with Gasteiger partial charge in [0.15, 0.2) is 0 Å². The van der Waals surface area contributed by atoms with Gasteiger partial charge >= 0.3 is 0 Å². The number of aryl methyl sites for hydroxylation is 1. The number of carbonyl (C=O) groups is 2. The zero-order chi connectivity index (χ0) is 28.6. The van der Waals surface area contributed by atoms with Crippen molar-refractivity contribution in [3.63, 3.8) is 0 Å². The quantitative estimate of drug-likeness (QED) is 0.350. The first-order valence-electron chi connectivity index (χ1n) is 14.9. The van der Waals surface area contributed by atoms with Crippen LogP contribution in [0.1, 0.15) is 44.1 Å². The maximum atomic E-state index is 13.2. The second-order valence-corrected chi connectivity index (χ2v) is 11.1. The van der Waals surface area contributed by atoms with E-state index in [0.717, 1.165) is 85.9 Å². The molecular weight excluding hydrogens is 519 g/mol. The van der Waals surface area contributed by atoms with Gasteiger partial charge in [-0.25, -0.2) is 9.37 Å². The predicted octanol–water partition coefficient (Wildman–Crippen LogP) is 4.72. The van der Waals surface area contributed by atoms with E-state index in [9.17, 15) is 14.0 Å². The summed E-state index contributed by atoms with van der Waals surface area (Å²) in [6.45, 7) is 9.38. The van der Waals surface area contributed by atoms with Gasteiger partial charge in [-0.2, -0.15) is 0 Å². The average Bonchev–Trinajstić information content (AvgIpc) is 3.00. The number of hydrogen-bond donors (Lipinski definition) is 2. The number of pyridine rings is 1. The molecule has 9 heteroatoms. The van der Waals surface area contributed by atoms with Crippen molar-refractivity contribution in [3.8, 4) is 0 Å².